The summed E-state index contributed by atoms with van der Waals surface area (Å²) in [7, 11) is 2.95. The van der Waals surface area contributed by atoms with Gasteiger partial charge in [0.15, 0.2) is 0 Å². The van der Waals surface area contributed by atoms with Crippen molar-refractivity contribution in [2.24, 2.45) is 0 Å². The van der Waals surface area contributed by atoms with Crippen molar-refractivity contribution >= 4 is 54.2 Å². The van der Waals surface area contributed by atoms with E-state index >= 15 is 0 Å². The van der Waals surface area contributed by atoms with Crippen LogP contribution in [0.2, 0.25) is 0 Å². The molecule has 2 rings (SSSR count). The van der Waals surface area contributed by atoms with Crippen LogP contribution in [0.15, 0.2) is 24.3 Å². The van der Waals surface area contributed by atoms with Crippen LogP contribution >= 0.6 is 28.1 Å². The first kappa shape index (κ1) is 15.7. The number of halogens is 1. The van der Waals surface area contributed by atoms with Gasteiger partial charge in [0.05, 0.1) is 6.61 Å². The van der Waals surface area contributed by atoms with Crippen molar-refractivity contribution in [3.63, 3.8) is 0 Å². The van der Waals surface area contributed by atoms with Crippen LogP contribution in [0.1, 0.15) is 30.1 Å². The van der Waals surface area contributed by atoms with Crippen LogP contribution in [0.5, 0.6) is 5.75 Å². The average molecular weight is 379 g/mol. The van der Waals surface area contributed by atoms with Crippen LogP contribution in [0.25, 0.3) is 0 Å². The fraction of sp³-hybridized carbons (Fsp3) is 0.500. The first-order chi connectivity index (χ1) is 9.33. The Bertz CT molecular complexity index is 433. The zero-order chi connectivity index (χ0) is 13.5. The molecule has 2 unspecified atom stereocenters. The fourth-order valence-corrected chi connectivity index (χ4v) is 6.56. The molecule has 0 radical (unpaired) electrons. The summed E-state index contributed by atoms with van der Waals surface area (Å²) in [5, 5.41) is 4.22. The van der Waals surface area contributed by atoms with Crippen molar-refractivity contribution in [3.05, 3.63) is 29.8 Å². The number of hydrogen-bond donors (Lipinski definition) is 2. The molecule has 0 saturated carbocycles. The van der Waals surface area contributed by atoms with Gasteiger partial charge in [0.2, 0.25) is 0 Å². The highest BCUT2D eigenvalue weighted by Gasteiger charge is 2.18. The third-order valence-electron chi connectivity index (χ3n) is 3.04. The minimum Gasteiger partial charge on any atom is -0.494 e. The van der Waals surface area contributed by atoms with E-state index in [0.29, 0.717) is 10.5 Å². The van der Waals surface area contributed by atoms with E-state index in [0.717, 1.165) is 30.5 Å². The third-order valence-corrected chi connectivity index (χ3v) is 7.83. The van der Waals surface area contributed by atoms with Gasteiger partial charge in [-0.1, -0.05) is 40.3 Å². The Balaban J connectivity index is 1.85. The summed E-state index contributed by atoms with van der Waals surface area (Å²) < 4.78 is 5.72. The molecule has 1 aliphatic heterocycles. The molecule has 1 aromatic carbocycles. The van der Waals surface area contributed by atoms with Crippen molar-refractivity contribution in [1.82, 2.24) is 0 Å². The molecule has 0 spiro atoms. The van der Waals surface area contributed by atoms with Crippen LogP contribution in [0.4, 0.5) is 0 Å². The van der Waals surface area contributed by atoms with Crippen molar-refractivity contribution in [2.75, 3.05) is 11.9 Å². The van der Waals surface area contributed by atoms with Gasteiger partial charge in [0, 0.05) is 15.8 Å². The normalized spacial score (nSPS) is 22.4. The molecular weight excluding hydrogens is 360 g/mol. The van der Waals surface area contributed by atoms with Crippen LogP contribution in [-0.4, -0.2) is 22.6 Å². The Labute approximate surface area is 135 Å². The first-order valence-corrected chi connectivity index (χ1v) is 10.7. The lowest BCUT2D eigenvalue weighted by Crippen LogP contribution is -2.04. The van der Waals surface area contributed by atoms with Crippen molar-refractivity contribution in [3.8, 4) is 5.75 Å². The number of benzene rings is 1. The summed E-state index contributed by atoms with van der Waals surface area (Å²) >= 11 is 8.47. The second kappa shape index (κ2) is 8.55. The maximum atomic E-state index is 5.72. The van der Waals surface area contributed by atoms with E-state index in [1.165, 1.54) is 32.6 Å². The van der Waals surface area contributed by atoms with Crippen molar-refractivity contribution < 1.29 is 4.74 Å². The van der Waals surface area contributed by atoms with E-state index in [2.05, 4.69) is 40.2 Å². The largest absolute Gasteiger partial charge is 0.494 e. The van der Waals surface area contributed by atoms with Crippen molar-refractivity contribution in [2.45, 2.75) is 29.8 Å². The molecule has 0 aromatic heterocycles. The SMILES string of the molecule is S=CC1CC(c2ccc(OCCCCBr)cc2)[SH]=[SH]1. The van der Waals surface area contributed by atoms with Gasteiger partial charge >= 0.3 is 0 Å². The number of unbranched alkanes of at least 4 members (excludes halogenated alkanes) is 1. The number of thiocarbonyl (C=S) groups is 1. The van der Waals surface area contributed by atoms with Crippen molar-refractivity contribution in [1.29, 1.82) is 0 Å². The number of alkyl halides is 1. The monoisotopic (exact) mass is 378 g/mol. The van der Waals surface area contributed by atoms with Gasteiger partial charge in [0.1, 0.15) is 5.75 Å². The van der Waals surface area contributed by atoms with Gasteiger partial charge in [-0.3, -0.25) is 0 Å². The topological polar surface area (TPSA) is 9.23 Å². The molecule has 0 aliphatic carbocycles. The lowest BCUT2D eigenvalue weighted by Gasteiger charge is -2.11. The highest BCUT2D eigenvalue weighted by Crippen LogP contribution is 2.27. The molecule has 1 nitrogen and oxygen atoms in total. The standard InChI is InChI=1S/C14H19BrOS3/c15-7-1-2-8-16-12-5-3-11(4-6-12)14-9-13(10-17)18-19-14/h3-6,10,13-14,18-19H,1-2,7-9H2. The molecule has 0 bridgehead atoms. The number of thiol groups is 2. The summed E-state index contributed by atoms with van der Waals surface area (Å²) in [5.41, 5.74) is 1.42. The summed E-state index contributed by atoms with van der Waals surface area (Å²) in [5.74, 6) is 0.983. The molecule has 2 atom stereocenters. The molecule has 0 saturated heterocycles. The Kier molecular flexibility index (Phi) is 7.05. The Morgan fingerprint density at radius 2 is 2.05 bits per heavy atom. The fourth-order valence-electron chi connectivity index (χ4n) is 1.95. The lowest BCUT2D eigenvalue weighted by molar-refractivity contribution is 0.310. The predicted octanol–water partition coefficient (Wildman–Crippen LogP) is 3.60. The lowest BCUT2D eigenvalue weighted by atomic mass is 10.1. The summed E-state index contributed by atoms with van der Waals surface area (Å²) in [6, 6.07) is 8.61. The molecule has 0 amide bonds. The molecular formula is C14H19BrOS3. The van der Waals surface area contributed by atoms with Crippen LogP contribution in [0, 0.1) is 0 Å². The van der Waals surface area contributed by atoms with E-state index in [-0.39, 0.29) is 0 Å². The minimum atomic E-state index is 0.599. The van der Waals surface area contributed by atoms with E-state index in [4.69, 9.17) is 17.0 Å². The zero-order valence-electron chi connectivity index (χ0n) is 10.7. The molecule has 1 heterocycles. The molecule has 0 N–H and O–H groups in total. The second-order valence-corrected chi connectivity index (χ2v) is 8.70. The summed E-state index contributed by atoms with van der Waals surface area (Å²) in [4.78, 5) is 0. The van der Waals surface area contributed by atoms with Gasteiger partial charge in [-0.25, -0.2) is 0 Å². The number of hydrogen-bond acceptors (Lipinski definition) is 2. The van der Waals surface area contributed by atoms with Crippen LogP contribution < -0.4 is 4.74 Å². The quantitative estimate of drug-likeness (QED) is 0.324. The molecule has 1 aliphatic rings. The molecule has 1 aromatic rings. The number of rotatable bonds is 7. The number of ether oxygens (including phenoxy) is 1. The molecule has 5 heteroatoms. The second-order valence-electron chi connectivity index (χ2n) is 4.50. The molecule has 0 fully saturated rings. The maximum absolute atomic E-state index is 5.72. The predicted molar refractivity (Wildman–Crippen MR) is 97.3 cm³/mol. The minimum absolute atomic E-state index is 0.599. The highest BCUT2D eigenvalue weighted by molar-refractivity contribution is 9.09. The van der Waals surface area contributed by atoms with Crippen LogP contribution in [-0.2, 0) is 20.6 Å². The van der Waals surface area contributed by atoms with Gasteiger partial charge in [-0.15, -0.1) is 0 Å². The highest BCUT2D eigenvalue weighted by atomic mass is 79.9. The van der Waals surface area contributed by atoms with Gasteiger partial charge in [-0.05, 0) is 42.3 Å². The summed E-state index contributed by atoms with van der Waals surface area (Å²) in [6.45, 7) is 0.804. The maximum Gasteiger partial charge on any atom is 0.119 e. The van der Waals surface area contributed by atoms with E-state index < -0.39 is 0 Å². The molecule has 106 valence electrons. The van der Waals surface area contributed by atoms with Gasteiger partial charge < -0.3 is 4.74 Å². The van der Waals surface area contributed by atoms with Gasteiger partial charge in [-0.2, -0.15) is 20.6 Å². The zero-order valence-corrected chi connectivity index (χ0v) is 14.9. The molecule has 19 heavy (non-hydrogen) atoms. The third kappa shape index (κ3) is 4.96. The van der Waals surface area contributed by atoms with E-state index in [9.17, 15) is 0 Å². The van der Waals surface area contributed by atoms with E-state index in [1.54, 1.807) is 0 Å². The first-order valence-electron chi connectivity index (χ1n) is 6.47. The smallest absolute Gasteiger partial charge is 0.119 e. The van der Waals surface area contributed by atoms with E-state index in [1.807, 2.05) is 5.37 Å². The average Bonchev–Trinajstić information content (AvgIpc) is 2.93. The van der Waals surface area contributed by atoms with Crippen LogP contribution in [0.3, 0.4) is 0 Å². The van der Waals surface area contributed by atoms with Gasteiger partial charge in [0.25, 0.3) is 0 Å². The Morgan fingerprint density at radius 1 is 1.26 bits per heavy atom. The summed E-state index contributed by atoms with van der Waals surface area (Å²) in [6.07, 6.45) is 3.46. The Hall–Kier alpha value is 0.290. The Morgan fingerprint density at radius 3 is 2.68 bits per heavy atom.